The first kappa shape index (κ1) is 22.7. The molecule has 0 aromatic carbocycles. The SMILES string of the molecule is C1=C(c2cccs2)C=C(c2cccs2)S/C1=C/C=C/c1cc(-c2cccs2)cc(-c2cccs2)[o+]1. The van der Waals surface area contributed by atoms with Gasteiger partial charge in [-0.3, -0.25) is 0 Å². The van der Waals surface area contributed by atoms with Crippen LogP contribution in [0.5, 0.6) is 0 Å². The Morgan fingerprint density at radius 1 is 0.657 bits per heavy atom. The number of hydrogen-bond acceptors (Lipinski definition) is 5. The van der Waals surface area contributed by atoms with Crippen molar-refractivity contribution in [1.82, 2.24) is 0 Å². The van der Waals surface area contributed by atoms with Gasteiger partial charge in [0, 0.05) is 36.1 Å². The molecule has 6 rings (SSSR count). The van der Waals surface area contributed by atoms with Crippen LogP contribution in [0.25, 0.3) is 37.6 Å². The zero-order valence-electron chi connectivity index (χ0n) is 18.4. The maximum absolute atomic E-state index is 6.28. The summed E-state index contributed by atoms with van der Waals surface area (Å²) in [6.07, 6.45) is 10.9. The Kier molecular flexibility index (Phi) is 6.80. The highest BCUT2D eigenvalue weighted by atomic mass is 32.2. The Bertz CT molecular complexity index is 1480. The first-order chi connectivity index (χ1) is 17.3. The molecular formula is C29H19OS5+. The fourth-order valence-corrected chi connectivity index (χ4v) is 7.65. The minimum absolute atomic E-state index is 0.841. The van der Waals surface area contributed by atoms with Gasteiger partial charge in [0.25, 0.3) is 0 Å². The summed E-state index contributed by atoms with van der Waals surface area (Å²) < 4.78 is 6.28. The molecule has 0 unspecified atom stereocenters. The van der Waals surface area contributed by atoms with Gasteiger partial charge in [0.2, 0.25) is 0 Å². The van der Waals surface area contributed by atoms with Crippen LogP contribution in [0, 0.1) is 0 Å². The van der Waals surface area contributed by atoms with Crippen molar-refractivity contribution in [3.8, 4) is 21.1 Å². The van der Waals surface area contributed by atoms with Gasteiger partial charge in [0.05, 0.1) is 12.1 Å². The number of thiophene rings is 4. The molecule has 6 heterocycles. The molecule has 5 aromatic rings. The fourth-order valence-electron chi connectivity index (χ4n) is 3.70. The Balaban J connectivity index is 1.34. The average molecular weight is 544 g/mol. The first-order valence-electron chi connectivity index (χ1n) is 11.0. The molecule has 170 valence electrons. The summed E-state index contributed by atoms with van der Waals surface area (Å²) in [5, 5.41) is 8.46. The Hall–Kier alpha value is -2.74. The van der Waals surface area contributed by atoms with Gasteiger partial charge < -0.3 is 0 Å². The standard InChI is InChI=1S/C29H19OS5/c1(6-22-16-20(25-8-2-12-31-25)18-24(30-22)27-10-4-14-33-27)7-23-17-21(26-9-3-13-32-26)19-29(35-23)28-11-5-15-34-28/h1-19H/q+1/b6-1+,23-7+. The van der Waals surface area contributed by atoms with E-state index in [0.29, 0.717) is 0 Å². The van der Waals surface area contributed by atoms with Crippen molar-refractivity contribution in [2.24, 2.45) is 0 Å². The lowest BCUT2D eigenvalue weighted by Gasteiger charge is -2.14. The smallest absolute Gasteiger partial charge is 0.207 e. The molecule has 0 saturated carbocycles. The highest BCUT2D eigenvalue weighted by Crippen LogP contribution is 2.44. The second kappa shape index (κ2) is 10.5. The van der Waals surface area contributed by atoms with Crippen LogP contribution < -0.4 is 0 Å². The van der Waals surface area contributed by atoms with E-state index in [4.69, 9.17) is 4.42 Å². The third-order valence-electron chi connectivity index (χ3n) is 5.28. The third-order valence-corrected chi connectivity index (χ3v) is 10.1. The molecule has 0 radical (unpaired) electrons. The topological polar surface area (TPSA) is 11.3 Å². The molecule has 35 heavy (non-hydrogen) atoms. The van der Waals surface area contributed by atoms with Crippen molar-refractivity contribution in [3.63, 3.8) is 0 Å². The van der Waals surface area contributed by atoms with E-state index in [-0.39, 0.29) is 0 Å². The highest BCUT2D eigenvalue weighted by Gasteiger charge is 2.19. The van der Waals surface area contributed by atoms with Crippen molar-refractivity contribution < 1.29 is 4.42 Å². The molecule has 1 nitrogen and oxygen atoms in total. The molecule has 0 fully saturated rings. The molecule has 1 aliphatic heterocycles. The van der Waals surface area contributed by atoms with E-state index in [1.54, 1.807) is 45.3 Å². The highest BCUT2D eigenvalue weighted by molar-refractivity contribution is 8.12. The Morgan fingerprint density at radius 2 is 1.31 bits per heavy atom. The lowest BCUT2D eigenvalue weighted by molar-refractivity contribution is 0.557. The van der Waals surface area contributed by atoms with Gasteiger partial charge in [-0.05, 0) is 69.6 Å². The number of allylic oxidation sites excluding steroid dienone is 5. The lowest BCUT2D eigenvalue weighted by atomic mass is 10.1. The van der Waals surface area contributed by atoms with Crippen LogP contribution >= 0.6 is 57.1 Å². The summed E-state index contributed by atoms with van der Waals surface area (Å²) in [4.78, 5) is 7.45. The van der Waals surface area contributed by atoms with Crippen molar-refractivity contribution in [2.75, 3.05) is 0 Å². The summed E-state index contributed by atoms with van der Waals surface area (Å²) in [6, 6.07) is 21.3. The summed E-state index contributed by atoms with van der Waals surface area (Å²) in [5.41, 5.74) is 2.43. The van der Waals surface area contributed by atoms with Crippen molar-refractivity contribution >= 4 is 73.7 Å². The summed E-state index contributed by atoms with van der Waals surface area (Å²) in [5.74, 6) is 1.74. The predicted molar refractivity (Wildman–Crippen MR) is 159 cm³/mol. The molecule has 6 heteroatoms. The zero-order chi connectivity index (χ0) is 23.5. The molecule has 0 saturated heterocycles. The van der Waals surface area contributed by atoms with Gasteiger partial charge in [0.1, 0.15) is 4.88 Å². The maximum Gasteiger partial charge on any atom is 0.371 e. The normalized spacial score (nSPS) is 15.0. The Morgan fingerprint density at radius 3 is 2.00 bits per heavy atom. The number of rotatable bonds is 6. The van der Waals surface area contributed by atoms with Gasteiger partial charge >= 0.3 is 11.5 Å². The lowest BCUT2D eigenvalue weighted by Crippen LogP contribution is -1.87. The Labute approximate surface area is 224 Å². The minimum atomic E-state index is 0.841. The predicted octanol–water partition coefficient (Wildman–Crippen LogP) is 10.9. The second-order valence-electron chi connectivity index (χ2n) is 7.66. The molecule has 5 aromatic heterocycles. The fraction of sp³-hybridized carbons (Fsp3) is 0. The van der Waals surface area contributed by atoms with Gasteiger partial charge in [-0.15, -0.1) is 45.3 Å². The molecule has 0 spiro atoms. The molecule has 0 N–H and O–H groups in total. The van der Waals surface area contributed by atoms with Crippen molar-refractivity contribution in [2.45, 2.75) is 0 Å². The van der Waals surface area contributed by atoms with E-state index in [9.17, 15) is 0 Å². The summed E-state index contributed by atoms with van der Waals surface area (Å²) in [6.45, 7) is 0. The minimum Gasteiger partial charge on any atom is -0.207 e. The van der Waals surface area contributed by atoms with Crippen LogP contribution in [-0.4, -0.2) is 0 Å². The number of hydrogen-bond donors (Lipinski definition) is 0. The van der Waals surface area contributed by atoms with E-state index in [2.05, 4.69) is 113 Å². The maximum atomic E-state index is 6.28. The number of thioether (sulfide) groups is 1. The van der Waals surface area contributed by atoms with Crippen LogP contribution in [0.2, 0.25) is 0 Å². The van der Waals surface area contributed by atoms with E-state index in [1.165, 1.54) is 35.6 Å². The molecule has 0 bridgehead atoms. The van der Waals surface area contributed by atoms with Gasteiger partial charge in [0.15, 0.2) is 0 Å². The van der Waals surface area contributed by atoms with Crippen LogP contribution in [0.15, 0.2) is 116 Å². The largest absolute Gasteiger partial charge is 0.371 e. The van der Waals surface area contributed by atoms with Crippen LogP contribution in [0.4, 0.5) is 0 Å². The molecular weight excluding hydrogens is 525 g/mol. The zero-order valence-corrected chi connectivity index (χ0v) is 22.5. The molecule has 0 aliphatic carbocycles. The van der Waals surface area contributed by atoms with Crippen LogP contribution in [0.1, 0.15) is 15.5 Å². The first-order valence-corrected chi connectivity index (χ1v) is 15.3. The monoisotopic (exact) mass is 543 g/mol. The van der Waals surface area contributed by atoms with E-state index in [0.717, 1.165) is 16.4 Å². The van der Waals surface area contributed by atoms with Crippen LogP contribution in [-0.2, 0) is 0 Å². The van der Waals surface area contributed by atoms with E-state index >= 15 is 0 Å². The van der Waals surface area contributed by atoms with Gasteiger partial charge in [-0.25, -0.2) is 4.42 Å². The summed E-state index contributed by atoms with van der Waals surface area (Å²) >= 11 is 8.80. The van der Waals surface area contributed by atoms with E-state index < -0.39 is 0 Å². The molecule has 0 atom stereocenters. The molecule has 1 aliphatic rings. The average Bonchev–Trinajstić information content (AvgIpc) is 3.72. The van der Waals surface area contributed by atoms with Crippen LogP contribution in [0.3, 0.4) is 0 Å². The second-order valence-corrected chi connectivity index (χ2v) is 12.6. The quantitative estimate of drug-likeness (QED) is 0.197. The van der Waals surface area contributed by atoms with Gasteiger partial charge in [-0.1, -0.05) is 42.1 Å². The van der Waals surface area contributed by atoms with Crippen molar-refractivity contribution in [1.29, 1.82) is 0 Å². The van der Waals surface area contributed by atoms with Gasteiger partial charge in [-0.2, -0.15) is 0 Å². The van der Waals surface area contributed by atoms with E-state index in [1.807, 2.05) is 11.8 Å². The van der Waals surface area contributed by atoms with Crippen molar-refractivity contribution in [3.05, 3.63) is 127 Å². The third kappa shape index (κ3) is 5.27. The molecule has 0 amide bonds. The summed E-state index contributed by atoms with van der Waals surface area (Å²) in [7, 11) is 0.